The van der Waals surface area contributed by atoms with Gasteiger partial charge >= 0.3 is 6.18 Å². The molecule has 1 saturated heterocycles. The normalized spacial score (nSPS) is 20.9. The largest absolute Gasteiger partial charge is 0.493 e. The number of fused-ring (bicyclic) bond motifs is 2. The van der Waals surface area contributed by atoms with Crippen molar-refractivity contribution in [3.05, 3.63) is 53.6 Å². The van der Waals surface area contributed by atoms with Gasteiger partial charge in [0.15, 0.2) is 11.5 Å². The molecule has 0 bridgehead atoms. The smallest absolute Gasteiger partial charge is 0.393 e. The molecule has 1 N–H and O–H groups in total. The van der Waals surface area contributed by atoms with Gasteiger partial charge in [-0.15, -0.1) is 0 Å². The van der Waals surface area contributed by atoms with Gasteiger partial charge in [-0.3, -0.25) is 9.59 Å². The summed E-state index contributed by atoms with van der Waals surface area (Å²) < 4.78 is 50.5. The second kappa shape index (κ2) is 7.55. The minimum Gasteiger partial charge on any atom is -0.493 e. The molecule has 0 radical (unpaired) electrons. The topological polar surface area (TPSA) is 67.9 Å². The fourth-order valence-electron chi connectivity index (χ4n) is 3.76. The predicted molar refractivity (Wildman–Crippen MR) is 101 cm³/mol. The van der Waals surface area contributed by atoms with Crippen LogP contribution >= 0.6 is 0 Å². The molecule has 2 aliphatic rings. The van der Waals surface area contributed by atoms with Crippen LogP contribution in [-0.2, 0) is 11.4 Å². The van der Waals surface area contributed by atoms with Crippen LogP contribution in [0.3, 0.4) is 0 Å². The Balaban J connectivity index is 1.64. The minimum atomic E-state index is -4.47. The zero-order valence-electron chi connectivity index (χ0n) is 16.0. The van der Waals surface area contributed by atoms with E-state index < -0.39 is 42.9 Å². The van der Waals surface area contributed by atoms with Crippen LogP contribution in [0.1, 0.15) is 22.3 Å². The lowest BCUT2D eigenvalue weighted by Gasteiger charge is -2.20. The fraction of sp³-hybridized carbons (Fsp3) is 0.333. The number of nitrogens with one attached hydrogen (secondary N) is 1. The molecule has 158 valence electrons. The van der Waals surface area contributed by atoms with Gasteiger partial charge in [-0.25, -0.2) is 0 Å². The first-order chi connectivity index (χ1) is 14.3. The Kier molecular flexibility index (Phi) is 5.05. The van der Waals surface area contributed by atoms with E-state index in [0.717, 1.165) is 10.5 Å². The minimum absolute atomic E-state index is 0.0672. The highest BCUT2D eigenvalue weighted by molar-refractivity contribution is 6.10. The summed E-state index contributed by atoms with van der Waals surface area (Å²) in [7, 11) is 1.40. The first kappa shape index (κ1) is 20.1. The summed E-state index contributed by atoms with van der Waals surface area (Å²) in [4.78, 5) is 26.5. The van der Waals surface area contributed by atoms with Crippen LogP contribution in [0.2, 0.25) is 0 Å². The third-order valence-corrected chi connectivity index (χ3v) is 5.36. The van der Waals surface area contributed by atoms with Crippen LogP contribution in [0.25, 0.3) is 0 Å². The van der Waals surface area contributed by atoms with Gasteiger partial charge in [-0.1, -0.05) is 30.3 Å². The van der Waals surface area contributed by atoms with E-state index in [1.54, 1.807) is 0 Å². The van der Waals surface area contributed by atoms with Crippen molar-refractivity contribution in [3.63, 3.8) is 0 Å². The third kappa shape index (κ3) is 3.67. The van der Waals surface area contributed by atoms with Crippen molar-refractivity contribution in [1.29, 1.82) is 0 Å². The zero-order chi connectivity index (χ0) is 21.5. The highest BCUT2D eigenvalue weighted by atomic mass is 19.4. The molecule has 30 heavy (non-hydrogen) atoms. The number of nitrogens with zero attached hydrogens (tertiary/aromatic N) is 1. The molecular formula is C21H19F3N2O4. The van der Waals surface area contributed by atoms with Gasteiger partial charge in [0.1, 0.15) is 12.6 Å². The first-order valence-electron chi connectivity index (χ1n) is 9.35. The quantitative estimate of drug-likeness (QED) is 0.821. The highest BCUT2D eigenvalue weighted by Gasteiger charge is 2.52. The average Bonchev–Trinajstić information content (AvgIpc) is 3.15. The Morgan fingerprint density at radius 2 is 1.87 bits per heavy atom. The third-order valence-electron chi connectivity index (χ3n) is 5.36. The molecule has 0 aliphatic carbocycles. The van der Waals surface area contributed by atoms with Crippen molar-refractivity contribution in [2.45, 2.75) is 25.2 Å². The second-order valence-electron chi connectivity index (χ2n) is 7.26. The number of amides is 2. The lowest BCUT2D eigenvalue weighted by molar-refractivity contribution is -0.170. The molecule has 2 aromatic rings. The molecule has 0 unspecified atom stereocenters. The van der Waals surface area contributed by atoms with E-state index in [9.17, 15) is 22.8 Å². The average molecular weight is 420 g/mol. The van der Waals surface area contributed by atoms with Crippen LogP contribution in [0.15, 0.2) is 42.5 Å². The van der Waals surface area contributed by atoms with E-state index in [2.05, 4.69) is 5.32 Å². The Labute approximate surface area is 170 Å². The predicted octanol–water partition coefficient (Wildman–Crippen LogP) is 3.62. The fourth-order valence-corrected chi connectivity index (χ4v) is 3.76. The van der Waals surface area contributed by atoms with E-state index in [0.29, 0.717) is 5.75 Å². The van der Waals surface area contributed by atoms with Crippen molar-refractivity contribution in [2.24, 2.45) is 5.92 Å². The van der Waals surface area contributed by atoms with Gasteiger partial charge in [-0.2, -0.15) is 13.2 Å². The number of ether oxygens (including phenoxy) is 2. The number of alkyl halides is 3. The van der Waals surface area contributed by atoms with Crippen LogP contribution in [0, 0.1) is 5.92 Å². The maximum Gasteiger partial charge on any atom is 0.393 e. The second-order valence-corrected chi connectivity index (χ2v) is 7.26. The lowest BCUT2D eigenvalue weighted by Crippen LogP contribution is -2.40. The standard InChI is InChI=1S/C21H19F3N2O4/c1-29-17-8-14-15(9-18(17)30-11-12-5-3-2-4-6-12)25-19(27)16-7-13(21(22,23)24)10-26(16)20(14)28/h2-6,8-9,13,16H,7,10-11H2,1H3,(H,25,27)/t13-,16-/m0/s1. The summed E-state index contributed by atoms with van der Waals surface area (Å²) in [5.74, 6) is -2.46. The molecule has 0 aromatic heterocycles. The molecule has 2 heterocycles. The number of hydrogen-bond acceptors (Lipinski definition) is 4. The number of benzene rings is 2. The SMILES string of the molecule is COc1cc2c(cc1OCc1ccccc1)NC(=O)[C@@H]1C[C@H](C(F)(F)F)CN1C2=O. The van der Waals surface area contributed by atoms with Crippen molar-refractivity contribution in [2.75, 3.05) is 19.0 Å². The number of rotatable bonds is 4. The Morgan fingerprint density at radius 3 is 2.53 bits per heavy atom. The molecule has 2 amide bonds. The number of anilines is 1. The number of hydrogen-bond donors (Lipinski definition) is 1. The molecule has 2 aromatic carbocycles. The molecule has 2 atom stereocenters. The van der Waals surface area contributed by atoms with Gasteiger partial charge in [0.25, 0.3) is 5.91 Å². The Bertz CT molecular complexity index is 978. The maximum absolute atomic E-state index is 13.1. The van der Waals surface area contributed by atoms with Gasteiger partial charge in [0.2, 0.25) is 5.91 Å². The van der Waals surface area contributed by atoms with Crippen LogP contribution in [-0.4, -0.2) is 42.6 Å². The maximum atomic E-state index is 13.1. The van der Waals surface area contributed by atoms with Crippen molar-refractivity contribution in [3.8, 4) is 11.5 Å². The van der Waals surface area contributed by atoms with Crippen LogP contribution in [0.5, 0.6) is 11.5 Å². The van der Waals surface area contributed by atoms with E-state index in [4.69, 9.17) is 9.47 Å². The van der Waals surface area contributed by atoms with Gasteiger partial charge in [0, 0.05) is 12.6 Å². The highest BCUT2D eigenvalue weighted by Crippen LogP contribution is 2.41. The number of carbonyl (C=O) groups is 2. The number of halogens is 3. The van der Waals surface area contributed by atoms with Gasteiger partial charge < -0.3 is 19.7 Å². The summed E-state index contributed by atoms with van der Waals surface area (Å²) in [5.41, 5.74) is 1.16. The summed E-state index contributed by atoms with van der Waals surface area (Å²) in [6.45, 7) is -0.311. The van der Waals surface area contributed by atoms with Crippen molar-refractivity contribution in [1.82, 2.24) is 4.90 Å². The molecule has 0 saturated carbocycles. The van der Waals surface area contributed by atoms with Crippen LogP contribution in [0.4, 0.5) is 18.9 Å². The molecule has 4 rings (SSSR count). The lowest BCUT2D eigenvalue weighted by atomic mass is 10.0. The van der Waals surface area contributed by atoms with E-state index in [1.807, 2.05) is 30.3 Å². The van der Waals surface area contributed by atoms with Crippen molar-refractivity contribution < 1.29 is 32.2 Å². The first-order valence-corrected chi connectivity index (χ1v) is 9.35. The van der Waals surface area contributed by atoms with Gasteiger partial charge in [0.05, 0.1) is 24.3 Å². The molecule has 9 heteroatoms. The summed E-state index contributed by atoms with van der Waals surface area (Å²) in [5, 5.41) is 2.58. The number of methoxy groups -OCH3 is 1. The molecule has 1 fully saturated rings. The Morgan fingerprint density at radius 1 is 1.13 bits per heavy atom. The summed E-state index contributed by atoms with van der Waals surface area (Å²) in [6.07, 6.45) is -4.92. The molecule has 0 spiro atoms. The summed E-state index contributed by atoms with van der Waals surface area (Å²) in [6, 6.07) is 11.1. The zero-order valence-corrected chi connectivity index (χ0v) is 16.0. The number of carbonyl (C=O) groups excluding carboxylic acids is 2. The van der Waals surface area contributed by atoms with E-state index in [1.165, 1.54) is 19.2 Å². The van der Waals surface area contributed by atoms with E-state index >= 15 is 0 Å². The van der Waals surface area contributed by atoms with Crippen molar-refractivity contribution >= 4 is 17.5 Å². The van der Waals surface area contributed by atoms with Gasteiger partial charge in [-0.05, 0) is 18.1 Å². The Hall–Kier alpha value is -3.23. The monoisotopic (exact) mass is 420 g/mol. The molecule has 2 aliphatic heterocycles. The molecular weight excluding hydrogens is 401 g/mol. The summed E-state index contributed by atoms with van der Waals surface area (Å²) >= 11 is 0. The molecule has 6 nitrogen and oxygen atoms in total. The van der Waals surface area contributed by atoms with Crippen LogP contribution < -0.4 is 14.8 Å². The van der Waals surface area contributed by atoms with E-state index in [-0.39, 0.29) is 23.6 Å².